The lowest BCUT2D eigenvalue weighted by atomic mass is 9.78. The zero-order valence-corrected chi connectivity index (χ0v) is 16.1. The maximum Gasteiger partial charge on any atom is 0.488 e. The molecule has 0 aromatic heterocycles. The first-order valence-electron chi connectivity index (χ1n) is 9.19. The fourth-order valence-electron chi connectivity index (χ4n) is 2.90. The van der Waals surface area contributed by atoms with Gasteiger partial charge < -0.3 is 10.0 Å². The lowest BCUT2D eigenvalue weighted by molar-refractivity contribution is -0.105. The van der Waals surface area contributed by atoms with Crippen LogP contribution in [-0.4, -0.2) is 23.5 Å². The lowest BCUT2D eigenvalue weighted by Gasteiger charge is -2.18. The van der Waals surface area contributed by atoms with Crippen molar-refractivity contribution in [2.24, 2.45) is 11.8 Å². The minimum Gasteiger partial charge on any atom is -0.423 e. The summed E-state index contributed by atoms with van der Waals surface area (Å²) in [6, 6.07) is 7.26. The Morgan fingerprint density at radius 2 is 1.88 bits per heavy atom. The van der Waals surface area contributed by atoms with Crippen LogP contribution in [0.2, 0.25) is 0 Å². The molecule has 1 rings (SSSR count). The predicted octanol–water partition coefficient (Wildman–Crippen LogP) is 3.75. The van der Waals surface area contributed by atoms with E-state index in [2.05, 4.69) is 34.6 Å². The summed E-state index contributed by atoms with van der Waals surface area (Å²) in [6.45, 7) is 10.6. The summed E-state index contributed by atoms with van der Waals surface area (Å²) < 4.78 is 0. The number of hydrogen-bond acceptors (Lipinski definition) is 3. The summed E-state index contributed by atoms with van der Waals surface area (Å²) in [6.07, 6.45) is 5.99. The fourth-order valence-corrected chi connectivity index (χ4v) is 2.90. The van der Waals surface area contributed by atoms with Crippen molar-refractivity contribution in [2.75, 3.05) is 0 Å². The summed E-state index contributed by atoms with van der Waals surface area (Å²) in [5.41, 5.74) is 4.36. The first kappa shape index (κ1) is 21.4. The largest absolute Gasteiger partial charge is 0.488 e. The molecule has 0 saturated carbocycles. The molecule has 136 valence electrons. The Hall–Kier alpha value is -1.65. The minimum atomic E-state index is -1.50. The van der Waals surface area contributed by atoms with Crippen molar-refractivity contribution in [2.45, 2.75) is 53.9 Å². The molecule has 25 heavy (non-hydrogen) atoms. The average molecular weight is 342 g/mol. The maximum absolute atomic E-state index is 11.6. The van der Waals surface area contributed by atoms with Crippen molar-refractivity contribution in [3.8, 4) is 0 Å². The monoisotopic (exact) mass is 342 g/mol. The molecular weight excluding hydrogens is 311 g/mol. The van der Waals surface area contributed by atoms with E-state index in [9.17, 15) is 14.8 Å². The number of carbonyl (C=O) groups excluding carboxylic acids is 1. The first-order chi connectivity index (χ1) is 11.8. The van der Waals surface area contributed by atoms with Crippen LogP contribution in [-0.2, 0) is 4.79 Å². The highest BCUT2D eigenvalue weighted by molar-refractivity contribution is 6.58. The molecule has 0 fully saturated rings. The molecule has 0 heterocycles. The van der Waals surface area contributed by atoms with Gasteiger partial charge in [-0.25, -0.2) is 0 Å². The van der Waals surface area contributed by atoms with Gasteiger partial charge in [0.05, 0.1) is 0 Å². The van der Waals surface area contributed by atoms with Gasteiger partial charge in [-0.15, -0.1) is 0 Å². The van der Waals surface area contributed by atoms with Crippen LogP contribution >= 0.6 is 0 Å². The molecule has 1 aromatic rings. The summed E-state index contributed by atoms with van der Waals surface area (Å²) in [7, 11) is -1.50. The van der Waals surface area contributed by atoms with Gasteiger partial charge in [-0.3, -0.25) is 4.79 Å². The van der Waals surface area contributed by atoms with Gasteiger partial charge in [-0.1, -0.05) is 64.0 Å². The van der Waals surface area contributed by atoms with E-state index < -0.39 is 7.12 Å². The smallest absolute Gasteiger partial charge is 0.423 e. The molecule has 0 amide bonds. The molecule has 2 N–H and O–H groups in total. The second-order valence-corrected chi connectivity index (χ2v) is 6.86. The summed E-state index contributed by atoms with van der Waals surface area (Å²) >= 11 is 0. The lowest BCUT2D eigenvalue weighted by Crippen LogP contribution is -2.29. The number of rotatable bonds is 9. The van der Waals surface area contributed by atoms with Gasteiger partial charge in [-0.2, -0.15) is 0 Å². The minimum absolute atomic E-state index is 0.188. The van der Waals surface area contributed by atoms with E-state index in [4.69, 9.17) is 0 Å². The van der Waals surface area contributed by atoms with Crippen LogP contribution in [0.1, 0.15) is 59.4 Å². The summed E-state index contributed by atoms with van der Waals surface area (Å²) in [5.74, 6) is 0.581. The highest BCUT2D eigenvalue weighted by Crippen LogP contribution is 2.29. The molecule has 0 aliphatic heterocycles. The predicted molar refractivity (Wildman–Crippen MR) is 107 cm³/mol. The summed E-state index contributed by atoms with van der Waals surface area (Å²) in [5, 5.41) is 19.0. The van der Waals surface area contributed by atoms with Gasteiger partial charge in [0, 0.05) is 0 Å². The second-order valence-electron chi connectivity index (χ2n) is 6.86. The third-order valence-electron chi connectivity index (χ3n) is 5.01. The Bertz CT molecular complexity index is 632. The van der Waals surface area contributed by atoms with E-state index >= 15 is 0 Å². The Morgan fingerprint density at radius 3 is 2.40 bits per heavy atom. The molecular formula is C21H31BO3. The fraction of sp³-hybridized carbons (Fsp3) is 0.476. The molecule has 1 aromatic carbocycles. The standard InChI is InChI=1S/C21H31BO3/c1-6-9-16(4)17(5)21(13-19(14-23)15(3)7-2)18-10-8-11-20(12-18)22(24)25/h8,10-16,24-25H,6-7,9H2,1-5H3/b19-13-,21-17-. The number of carbonyl (C=O) groups is 1. The number of aldehydes is 1. The van der Waals surface area contributed by atoms with Gasteiger partial charge in [0.15, 0.2) is 0 Å². The molecule has 0 bridgehead atoms. The van der Waals surface area contributed by atoms with Crippen LogP contribution in [0.4, 0.5) is 0 Å². The quantitative estimate of drug-likeness (QED) is 0.311. The number of hydrogen-bond donors (Lipinski definition) is 2. The molecule has 0 aliphatic rings. The van der Waals surface area contributed by atoms with E-state index in [0.717, 1.165) is 42.3 Å². The second kappa shape index (κ2) is 10.4. The zero-order chi connectivity index (χ0) is 19.0. The number of allylic oxidation sites excluding steroid dienone is 4. The molecule has 4 heteroatoms. The molecule has 0 radical (unpaired) electrons. The van der Waals surface area contributed by atoms with Gasteiger partial charge in [0.1, 0.15) is 6.29 Å². The normalized spacial score (nSPS) is 15.4. The van der Waals surface area contributed by atoms with E-state index in [1.807, 2.05) is 18.2 Å². The van der Waals surface area contributed by atoms with E-state index in [1.165, 1.54) is 5.57 Å². The van der Waals surface area contributed by atoms with Crippen LogP contribution < -0.4 is 5.46 Å². The Kier molecular flexibility index (Phi) is 8.88. The van der Waals surface area contributed by atoms with E-state index in [1.54, 1.807) is 12.1 Å². The topological polar surface area (TPSA) is 57.5 Å². The van der Waals surface area contributed by atoms with Crippen LogP contribution in [0.3, 0.4) is 0 Å². The zero-order valence-electron chi connectivity index (χ0n) is 16.1. The highest BCUT2D eigenvalue weighted by Gasteiger charge is 2.16. The van der Waals surface area contributed by atoms with Gasteiger partial charge in [0.2, 0.25) is 0 Å². The van der Waals surface area contributed by atoms with Crippen molar-refractivity contribution in [3.05, 3.63) is 47.1 Å². The van der Waals surface area contributed by atoms with Crippen molar-refractivity contribution in [1.29, 1.82) is 0 Å². The molecule has 2 atom stereocenters. The van der Waals surface area contributed by atoms with Gasteiger partial charge in [0.25, 0.3) is 0 Å². The Morgan fingerprint density at radius 1 is 1.20 bits per heavy atom. The molecule has 0 saturated heterocycles. The van der Waals surface area contributed by atoms with Gasteiger partial charge >= 0.3 is 7.12 Å². The van der Waals surface area contributed by atoms with Crippen LogP contribution in [0.15, 0.2) is 41.5 Å². The van der Waals surface area contributed by atoms with Gasteiger partial charge in [-0.05, 0) is 59.8 Å². The molecule has 0 aliphatic carbocycles. The van der Waals surface area contributed by atoms with E-state index in [-0.39, 0.29) is 5.92 Å². The molecule has 2 unspecified atom stereocenters. The van der Waals surface area contributed by atoms with Crippen LogP contribution in [0, 0.1) is 11.8 Å². The third-order valence-corrected chi connectivity index (χ3v) is 5.01. The molecule has 0 spiro atoms. The Balaban J connectivity index is 3.53. The Labute approximate surface area is 152 Å². The van der Waals surface area contributed by atoms with Crippen molar-refractivity contribution >= 4 is 24.4 Å². The average Bonchev–Trinajstić information content (AvgIpc) is 2.61. The van der Waals surface area contributed by atoms with E-state index in [0.29, 0.717) is 11.4 Å². The summed E-state index contributed by atoms with van der Waals surface area (Å²) in [4.78, 5) is 11.6. The SMILES string of the molecule is CCCC(C)/C(C)=C(/C=C(/C=O)C(C)CC)c1cccc(B(O)O)c1. The number of benzene rings is 1. The van der Waals surface area contributed by atoms with Crippen molar-refractivity contribution in [3.63, 3.8) is 0 Å². The van der Waals surface area contributed by atoms with Crippen molar-refractivity contribution < 1.29 is 14.8 Å². The van der Waals surface area contributed by atoms with Crippen LogP contribution in [0.5, 0.6) is 0 Å². The first-order valence-corrected chi connectivity index (χ1v) is 9.19. The van der Waals surface area contributed by atoms with Crippen molar-refractivity contribution in [1.82, 2.24) is 0 Å². The third kappa shape index (κ3) is 5.98. The maximum atomic E-state index is 11.6. The highest BCUT2D eigenvalue weighted by atomic mass is 16.4. The van der Waals surface area contributed by atoms with Crippen LogP contribution in [0.25, 0.3) is 5.57 Å². The molecule has 3 nitrogen and oxygen atoms in total.